The van der Waals surface area contributed by atoms with Crippen molar-refractivity contribution in [2.24, 2.45) is 5.92 Å². The molecule has 0 saturated heterocycles. The average Bonchev–Trinajstić information content (AvgIpc) is 3.14. The fourth-order valence-corrected chi connectivity index (χ4v) is 2.70. The fourth-order valence-electron chi connectivity index (χ4n) is 2.70. The Bertz CT molecular complexity index is 612. The van der Waals surface area contributed by atoms with Crippen molar-refractivity contribution in [3.05, 3.63) is 83.7 Å². The van der Waals surface area contributed by atoms with Gasteiger partial charge in [-0.3, -0.25) is 0 Å². The van der Waals surface area contributed by atoms with Gasteiger partial charge in [-0.05, 0) is 47.7 Å². The molecule has 2 heteroatoms. The van der Waals surface area contributed by atoms with Gasteiger partial charge in [0.05, 0.1) is 12.5 Å². The molecule has 0 radical (unpaired) electrons. The summed E-state index contributed by atoms with van der Waals surface area (Å²) < 4.78 is 11.2. The maximum atomic E-state index is 5.61. The molecule has 0 unspecified atom stereocenters. The van der Waals surface area contributed by atoms with Crippen LogP contribution < -0.4 is 0 Å². The van der Waals surface area contributed by atoms with Crippen molar-refractivity contribution in [1.29, 1.82) is 0 Å². The molecule has 108 valence electrons. The molecule has 3 aromatic rings. The maximum Gasteiger partial charge on any atom is 0.118 e. The first-order valence-corrected chi connectivity index (χ1v) is 7.39. The Labute approximate surface area is 125 Å². The summed E-state index contributed by atoms with van der Waals surface area (Å²) in [4.78, 5) is 0. The second-order valence-corrected chi connectivity index (χ2v) is 5.80. The lowest BCUT2D eigenvalue weighted by atomic mass is 9.92. The molecule has 3 rings (SSSR count). The van der Waals surface area contributed by atoms with Gasteiger partial charge in [0.2, 0.25) is 0 Å². The van der Waals surface area contributed by atoms with Gasteiger partial charge < -0.3 is 8.83 Å². The van der Waals surface area contributed by atoms with Crippen molar-refractivity contribution < 1.29 is 8.83 Å². The van der Waals surface area contributed by atoms with E-state index in [0.717, 1.165) is 17.9 Å². The van der Waals surface area contributed by atoms with Crippen LogP contribution in [0.4, 0.5) is 0 Å². The van der Waals surface area contributed by atoms with E-state index in [4.69, 9.17) is 8.83 Å². The van der Waals surface area contributed by atoms with Crippen LogP contribution in [-0.4, -0.2) is 0 Å². The van der Waals surface area contributed by atoms with E-state index in [1.807, 2.05) is 24.3 Å². The summed E-state index contributed by atoms with van der Waals surface area (Å²) >= 11 is 0. The van der Waals surface area contributed by atoms with Gasteiger partial charge in [0.1, 0.15) is 17.4 Å². The van der Waals surface area contributed by atoms with Gasteiger partial charge in [-0.1, -0.05) is 38.1 Å². The summed E-state index contributed by atoms with van der Waals surface area (Å²) in [6, 6.07) is 16.6. The van der Waals surface area contributed by atoms with Gasteiger partial charge >= 0.3 is 0 Å². The molecular weight excluding hydrogens is 260 g/mol. The van der Waals surface area contributed by atoms with Crippen LogP contribution in [0.25, 0.3) is 0 Å². The monoisotopic (exact) mass is 280 g/mol. The van der Waals surface area contributed by atoms with Crippen molar-refractivity contribution in [3.63, 3.8) is 0 Å². The maximum absolute atomic E-state index is 5.61. The SMILES string of the molecule is CC(C)Cc1ccc(C(c2ccco2)c2ccco2)cc1. The first kappa shape index (κ1) is 13.7. The molecule has 1 aromatic carbocycles. The third-order valence-corrected chi connectivity index (χ3v) is 3.61. The highest BCUT2D eigenvalue weighted by atomic mass is 16.3. The zero-order valence-electron chi connectivity index (χ0n) is 12.5. The lowest BCUT2D eigenvalue weighted by Gasteiger charge is -2.14. The molecule has 2 nitrogen and oxygen atoms in total. The van der Waals surface area contributed by atoms with Crippen molar-refractivity contribution in [1.82, 2.24) is 0 Å². The lowest BCUT2D eigenvalue weighted by Crippen LogP contribution is -2.02. The van der Waals surface area contributed by atoms with E-state index in [2.05, 4.69) is 38.1 Å². The number of hydrogen-bond donors (Lipinski definition) is 0. The Kier molecular flexibility index (Phi) is 3.96. The predicted octanol–water partition coefficient (Wildman–Crippen LogP) is 5.25. The Hall–Kier alpha value is -2.22. The Balaban J connectivity index is 1.94. The van der Waals surface area contributed by atoms with E-state index in [1.165, 1.54) is 11.1 Å². The molecule has 0 fully saturated rings. The van der Waals surface area contributed by atoms with Crippen LogP contribution in [0.5, 0.6) is 0 Å². The van der Waals surface area contributed by atoms with Gasteiger partial charge in [0.25, 0.3) is 0 Å². The van der Waals surface area contributed by atoms with E-state index >= 15 is 0 Å². The van der Waals surface area contributed by atoms with Gasteiger partial charge in [0, 0.05) is 0 Å². The summed E-state index contributed by atoms with van der Waals surface area (Å²) in [5, 5.41) is 0. The quantitative estimate of drug-likeness (QED) is 0.638. The Morgan fingerprint density at radius 1 is 0.810 bits per heavy atom. The molecule has 0 aliphatic carbocycles. The molecule has 2 heterocycles. The van der Waals surface area contributed by atoms with Gasteiger partial charge in [-0.25, -0.2) is 0 Å². The number of benzene rings is 1. The molecule has 2 aromatic heterocycles. The van der Waals surface area contributed by atoms with E-state index in [-0.39, 0.29) is 5.92 Å². The van der Waals surface area contributed by atoms with Gasteiger partial charge in [0.15, 0.2) is 0 Å². The van der Waals surface area contributed by atoms with Crippen molar-refractivity contribution in [2.45, 2.75) is 26.2 Å². The number of rotatable bonds is 5. The highest BCUT2D eigenvalue weighted by Crippen LogP contribution is 2.32. The zero-order valence-corrected chi connectivity index (χ0v) is 12.5. The second kappa shape index (κ2) is 6.04. The molecule has 0 aliphatic rings. The van der Waals surface area contributed by atoms with E-state index in [9.17, 15) is 0 Å². The van der Waals surface area contributed by atoms with Crippen molar-refractivity contribution in [3.8, 4) is 0 Å². The second-order valence-electron chi connectivity index (χ2n) is 5.80. The van der Waals surface area contributed by atoms with Crippen LogP contribution in [0.3, 0.4) is 0 Å². The average molecular weight is 280 g/mol. The first-order chi connectivity index (χ1) is 10.2. The lowest BCUT2D eigenvalue weighted by molar-refractivity contribution is 0.449. The predicted molar refractivity (Wildman–Crippen MR) is 83.3 cm³/mol. The normalized spacial score (nSPS) is 11.4. The number of furan rings is 2. The van der Waals surface area contributed by atoms with E-state index in [1.54, 1.807) is 12.5 Å². The minimum absolute atomic E-state index is 0.0168. The van der Waals surface area contributed by atoms with Crippen LogP contribution in [0.15, 0.2) is 69.9 Å². The summed E-state index contributed by atoms with van der Waals surface area (Å²) in [5.74, 6) is 2.49. The molecule has 0 saturated carbocycles. The van der Waals surface area contributed by atoms with Crippen LogP contribution in [0, 0.1) is 5.92 Å². The standard InChI is InChI=1S/C19H20O2/c1-14(2)13-15-7-9-16(10-8-15)19(17-5-3-11-20-17)18-6-4-12-21-18/h3-12,14,19H,13H2,1-2H3. The minimum atomic E-state index is 0.0168. The van der Waals surface area contributed by atoms with Crippen molar-refractivity contribution in [2.75, 3.05) is 0 Å². The molecular formula is C19H20O2. The minimum Gasteiger partial charge on any atom is -0.468 e. The summed E-state index contributed by atoms with van der Waals surface area (Å²) in [6.45, 7) is 4.48. The first-order valence-electron chi connectivity index (χ1n) is 7.39. The highest BCUT2D eigenvalue weighted by Gasteiger charge is 2.21. The van der Waals surface area contributed by atoms with Gasteiger partial charge in [-0.2, -0.15) is 0 Å². The van der Waals surface area contributed by atoms with Crippen LogP contribution in [0.2, 0.25) is 0 Å². The molecule has 0 atom stereocenters. The number of hydrogen-bond acceptors (Lipinski definition) is 2. The highest BCUT2D eigenvalue weighted by molar-refractivity contribution is 5.37. The van der Waals surface area contributed by atoms with Crippen LogP contribution >= 0.6 is 0 Å². The zero-order chi connectivity index (χ0) is 14.7. The topological polar surface area (TPSA) is 26.3 Å². The summed E-state index contributed by atoms with van der Waals surface area (Å²) in [7, 11) is 0. The van der Waals surface area contributed by atoms with Gasteiger partial charge in [-0.15, -0.1) is 0 Å². The van der Waals surface area contributed by atoms with Crippen LogP contribution in [-0.2, 0) is 6.42 Å². The third-order valence-electron chi connectivity index (χ3n) is 3.61. The summed E-state index contributed by atoms with van der Waals surface area (Å²) in [6.07, 6.45) is 4.52. The largest absolute Gasteiger partial charge is 0.468 e. The van der Waals surface area contributed by atoms with Crippen LogP contribution in [0.1, 0.15) is 42.4 Å². The van der Waals surface area contributed by atoms with E-state index < -0.39 is 0 Å². The van der Waals surface area contributed by atoms with E-state index in [0.29, 0.717) is 5.92 Å². The molecule has 0 amide bonds. The molecule has 0 N–H and O–H groups in total. The smallest absolute Gasteiger partial charge is 0.118 e. The fraction of sp³-hybridized carbons (Fsp3) is 0.263. The third kappa shape index (κ3) is 3.10. The molecule has 0 aliphatic heterocycles. The van der Waals surface area contributed by atoms with Crippen molar-refractivity contribution >= 4 is 0 Å². The molecule has 0 spiro atoms. The molecule has 0 bridgehead atoms. The molecule has 21 heavy (non-hydrogen) atoms. The Morgan fingerprint density at radius 3 is 1.81 bits per heavy atom. The Morgan fingerprint density at radius 2 is 1.38 bits per heavy atom. The summed E-state index contributed by atoms with van der Waals surface area (Å²) in [5.41, 5.74) is 2.55.